The number of hydrogen-bond donors (Lipinski definition) is 1. The topological polar surface area (TPSA) is 71.8 Å². The zero-order chi connectivity index (χ0) is 15.3. The van der Waals surface area contributed by atoms with Gasteiger partial charge in [0, 0.05) is 27.8 Å². The van der Waals surface area contributed by atoms with Gasteiger partial charge in [-0.2, -0.15) is 0 Å². The van der Waals surface area contributed by atoms with Gasteiger partial charge in [0.15, 0.2) is 0 Å². The Balaban J connectivity index is 2.11. The van der Waals surface area contributed by atoms with Crippen LogP contribution in [0.2, 0.25) is 5.02 Å². The van der Waals surface area contributed by atoms with Crippen molar-refractivity contribution in [3.8, 4) is 11.4 Å². The molecule has 0 aliphatic rings. The number of rotatable bonds is 1. The highest BCUT2D eigenvalue weighted by Crippen LogP contribution is 2.30. The zero-order valence-corrected chi connectivity index (χ0v) is 13.3. The van der Waals surface area contributed by atoms with Crippen LogP contribution in [0.25, 0.3) is 33.5 Å². The van der Waals surface area contributed by atoms with Crippen LogP contribution in [0, 0.1) is 0 Å². The second-order valence-corrected chi connectivity index (χ2v) is 6.01. The van der Waals surface area contributed by atoms with Gasteiger partial charge in [0.05, 0.1) is 5.02 Å². The van der Waals surface area contributed by atoms with Crippen molar-refractivity contribution < 1.29 is 4.42 Å². The van der Waals surface area contributed by atoms with Gasteiger partial charge >= 0.3 is 0 Å². The van der Waals surface area contributed by atoms with E-state index in [9.17, 15) is 4.79 Å². The highest BCUT2D eigenvalue weighted by atomic mass is 79.9. The Morgan fingerprint density at radius 1 is 1.27 bits per heavy atom. The molecule has 0 unspecified atom stereocenters. The van der Waals surface area contributed by atoms with E-state index in [-0.39, 0.29) is 11.1 Å². The number of fused-ring (bicyclic) bond motifs is 3. The number of furan rings is 1. The lowest BCUT2D eigenvalue weighted by Crippen LogP contribution is -2.08. The average Bonchev–Trinajstić information content (AvgIpc) is 2.86. The highest BCUT2D eigenvalue weighted by molar-refractivity contribution is 9.10. The number of pyridine rings is 1. The summed E-state index contributed by atoms with van der Waals surface area (Å²) in [6, 6.07) is 7.20. The van der Waals surface area contributed by atoms with Crippen LogP contribution in [-0.4, -0.2) is 15.0 Å². The minimum absolute atomic E-state index is 0.196. The molecule has 0 radical (unpaired) electrons. The third-order valence-corrected chi connectivity index (χ3v) is 4.11. The molecule has 3 heterocycles. The largest absolute Gasteiger partial charge is 0.449 e. The molecule has 0 spiro atoms. The van der Waals surface area contributed by atoms with Gasteiger partial charge in [-0.1, -0.05) is 27.5 Å². The van der Waals surface area contributed by atoms with Gasteiger partial charge in [-0.25, -0.2) is 4.98 Å². The summed E-state index contributed by atoms with van der Waals surface area (Å²) in [5.74, 6) is 0.382. The Labute approximate surface area is 137 Å². The van der Waals surface area contributed by atoms with E-state index in [4.69, 9.17) is 16.0 Å². The number of hydrogen-bond acceptors (Lipinski definition) is 4. The van der Waals surface area contributed by atoms with Crippen molar-refractivity contribution in [2.24, 2.45) is 0 Å². The standard InChI is InChI=1S/C15H7BrClN3O2/c16-7-1-2-11-9(5-7)12-13(22-11)15(21)20-14(19-12)8-3-4-18-6-10(8)17/h1-6H,(H,19,20,21). The maximum atomic E-state index is 12.3. The van der Waals surface area contributed by atoms with Crippen molar-refractivity contribution in [3.05, 3.63) is 56.5 Å². The van der Waals surface area contributed by atoms with Crippen LogP contribution in [0.5, 0.6) is 0 Å². The predicted octanol–water partition coefficient (Wildman–Crippen LogP) is 4.15. The van der Waals surface area contributed by atoms with E-state index in [1.54, 1.807) is 18.3 Å². The maximum Gasteiger partial charge on any atom is 0.294 e. The third-order valence-electron chi connectivity index (χ3n) is 3.31. The second-order valence-electron chi connectivity index (χ2n) is 4.69. The van der Waals surface area contributed by atoms with Gasteiger partial charge in [0.1, 0.15) is 16.9 Å². The molecule has 0 amide bonds. The van der Waals surface area contributed by atoms with E-state index >= 15 is 0 Å². The number of benzene rings is 1. The Morgan fingerprint density at radius 3 is 2.95 bits per heavy atom. The van der Waals surface area contributed by atoms with Crippen molar-refractivity contribution in [1.29, 1.82) is 0 Å². The highest BCUT2D eigenvalue weighted by Gasteiger charge is 2.15. The molecule has 1 aromatic carbocycles. The Bertz CT molecular complexity index is 1090. The third kappa shape index (κ3) is 2.03. The van der Waals surface area contributed by atoms with E-state index in [1.807, 2.05) is 12.1 Å². The van der Waals surface area contributed by atoms with Gasteiger partial charge in [-0.05, 0) is 24.3 Å². The summed E-state index contributed by atoms with van der Waals surface area (Å²) in [4.78, 5) is 23.4. The molecule has 7 heteroatoms. The van der Waals surface area contributed by atoms with E-state index in [0.29, 0.717) is 27.5 Å². The molecule has 22 heavy (non-hydrogen) atoms. The summed E-state index contributed by atoms with van der Waals surface area (Å²) in [5, 5.41) is 1.18. The molecule has 1 N–H and O–H groups in total. The fourth-order valence-electron chi connectivity index (χ4n) is 2.32. The minimum Gasteiger partial charge on any atom is -0.449 e. The van der Waals surface area contributed by atoms with Crippen molar-refractivity contribution >= 4 is 49.6 Å². The van der Waals surface area contributed by atoms with Crippen molar-refractivity contribution in [2.75, 3.05) is 0 Å². The monoisotopic (exact) mass is 375 g/mol. The van der Waals surface area contributed by atoms with Crippen molar-refractivity contribution in [3.63, 3.8) is 0 Å². The summed E-state index contributed by atoms with van der Waals surface area (Å²) >= 11 is 9.54. The molecule has 108 valence electrons. The molecule has 0 fully saturated rings. The summed E-state index contributed by atoms with van der Waals surface area (Å²) < 4.78 is 6.47. The van der Waals surface area contributed by atoms with E-state index in [0.717, 1.165) is 9.86 Å². The Morgan fingerprint density at radius 2 is 2.14 bits per heavy atom. The molecule has 0 aliphatic heterocycles. The molecule has 0 aliphatic carbocycles. The smallest absolute Gasteiger partial charge is 0.294 e. The Kier molecular flexibility index (Phi) is 3.02. The molecule has 0 atom stereocenters. The molecular weight excluding hydrogens is 370 g/mol. The van der Waals surface area contributed by atoms with Gasteiger partial charge < -0.3 is 9.40 Å². The molecule has 4 rings (SSSR count). The lowest BCUT2D eigenvalue weighted by Gasteiger charge is -2.02. The fourth-order valence-corrected chi connectivity index (χ4v) is 2.89. The average molecular weight is 377 g/mol. The Hall–Kier alpha value is -2.18. The van der Waals surface area contributed by atoms with Crippen molar-refractivity contribution in [2.45, 2.75) is 0 Å². The number of nitrogens with zero attached hydrogens (tertiary/aromatic N) is 2. The number of aromatic nitrogens is 3. The number of nitrogens with one attached hydrogen (secondary N) is 1. The first-order valence-electron chi connectivity index (χ1n) is 6.35. The molecule has 5 nitrogen and oxygen atoms in total. The quantitative estimate of drug-likeness (QED) is 0.542. The van der Waals surface area contributed by atoms with E-state index < -0.39 is 0 Å². The number of halogens is 2. The van der Waals surface area contributed by atoms with Crippen LogP contribution in [0.15, 0.2) is 50.3 Å². The molecule has 0 saturated carbocycles. The van der Waals surface area contributed by atoms with Gasteiger partial charge in [-0.15, -0.1) is 0 Å². The van der Waals surface area contributed by atoms with Gasteiger partial charge in [0.2, 0.25) is 5.58 Å². The lowest BCUT2D eigenvalue weighted by atomic mass is 10.2. The molecule has 0 bridgehead atoms. The summed E-state index contributed by atoms with van der Waals surface area (Å²) in [5.41, 5.74) is 1.57. The first kappa shape index (κ1) is 13.5. The zero-order valence-electron chi connectivity index (χ0n) is 10.9. The molecular formula is C15H7BrClN3O2. The minimum atomic E-state index is -0.347. The van der Waals surface area contributed by atoms with E-state index in [2.05, 4.69) is 30.9 Å². The summed E-state index contributed by atoms with van der Waals surface area (Å²) in [7, 11) is 0. The SMILES string of the molecule is O=c1[nH]c(-c2ccncc2Cl)nc2c1oc1ccc(Br)cc12. The molecule has 0 saturated heterocycles. The molecule has 3 aromatic heterocycles. The van der Waals surface area contributed by atoms with Crippen LogP contribution in [0.4, 0.5) is 0 Å². The summed E-state index contributed by atoms with van der Waals surface area (Å²) in [6.07, 6.45) is 3.10. The van der Waals surface area contributed by atoms with Crippen molar-refractivity contribution in [1.82, 2.24) is 15.0 Å². The maximum absolute atomic E-state index is 12.3. The fraction of sp³-hybridized carbons (Fsp3) is 0. The predicted molar refractivity (Wildman–Crippen MR) is 88.1 cm³/mol. The normalized spacial score (nSPS) is 11.4. The second kappa shape index (κ2) is 4.93. The summed E-state index contributed by atoms with van der Waals surface area (Å²) in [6.45, 7) is 0. The first-order valence-corrected chi connectivity index (χ1v) is 7.52. The lowest BCUT2D eigenvalue weighted by molar-refractivity contribution is 0.661. The van der Waals surface area contributed by atoms with Crippen LogP contribution in [0.1, 0.15) is 0 Å². The van der Waals surface area contributed by atoms with Gasteiger partial charge in [0.25, 0.3) is 5.56 Å². The number of H-pyrrole nitrogens is 1. The van der Waals surface area contributed by atoms with Crippen LogP contribution < -0.4 is 5.56 Å². The van der Waals surface area contributed by atoms with E-state index in [1.165, 1.54) is 6.20 Å². The first-order chi connectivity index (χ1) is 10.6. The van der Waals surface area contributed by atoms with Crippen LogP contribution >= 0.6 is 27.5 Å². The molecule has 4 aromatic rings. The van der Waals surface area contributed by atoms with Gasteiger partial charge in [-0.3, -0.25) is 9.78 Å². The number of aromatic amines is 1. The van der Waals surface area contributed by atoms with Crippen LogP contribution in [-0.2, 0) is 0 Å². The van der Waals surface area contributed by atoms with Crippen LogP contribution in [0.3, 0.4) is 0 Å².